The van der Waals surface area contributed by atoms with Crippen LogP contribution in [0.5, 0.6) is 0 Å². The quantitative estimate of drug-likeness (QED) is 0.703. The standard InChI is InChI=1S/C17H19N2/c1-13-7-4-5-10-16(13)19-11-15-9-6-8-14(2)17(15)18(3)12-19/h4-11H,12H2,1-3H3/q+1. The molecular formula is C17H19N2+. The Labute approximate surface area is 114 Å². The Hall–Kier alpha value is -2.09. The van der Waals surface area contributed by atoms with Crippen LogP contribution in [-0.4, -0.2) is 24.5 Å². The van der Waals surface area contributed by atoms with Gasteiger partial charge in [-0.2, -0.15) is 4.58 Å². The second-order valence-corrected chi connectivity index (χ2v) is 5.24. The lowest BCUT2D eigenvalue weighted by Gasteiger charge is -2.25. The van der Waals surface area contributed by atoms with Crippen LogP contribution in [0.4, 0.5) is 11.4 Å². The van der Waals surface area contributed by atoms with Crippen molar-refractivity contribution in [3.63, 3.8) is 0 Å². The largest absolute Gasteiger partial charge is 0.319 e. The van der Waals surface area contributed by atoms with E-state index in [-0.39, 0.29) is 0 Å². The van der Waals surface area contributed by atoms with Crippen molar-refractivity contribution < 1.29 is 4.58 Å². The van der Waals surface area contributed by atoms with E-state index in [1.165, 1.54) is 28.1 Å². The summed E-state index contributed by atoms with van der Waals surface area (Å²) < 4.78 is 2.32. The maximum Gasteiger partial charge on any atom is 0.224 e. The summed E-state index contributed by atoms with van der Waals surface area (Å²) in [5.74, 6) is 0. The van der Waals surface area contributed by atoms with Crippen LogP contribution in [-0.2, 0) is 0 Å². The van der Waals surface area contributed by atoms with E-state index in [4.69, 9.17) is 0 Å². The first kappa shape index (κ1) is 12.0. The van der Waals surface area contributed by atoms with E-state index in [0.717, 1.165) is 6.67 Å². The SMILES string of the molecule is Cc1ccccc1[N+]1=Cc2cccc(C)c2N(C)C1. The topological polar surface area (TPSA) is 6.25 Å². The molecule has 0 amide bonds. The van der Waals surface area contributed by atoms with Crippen LogP contribution in [0.25, 0.3) is 0 Å². The number of hydrogen-bond donors (Lipinski definition) is 0. The zero-order chi connectivity index (χ0) is 13.4. The first-order chi connectivity index (χ1) is 9.16. The van der Waals surface area contributed by atoms with E-state index in [1.807, 2.05) is 0 Å². The summed E-state index contributed by atoms with van der Waals surface area (Å²) >= 11 is 0. The smallest absolute Gasteiger partial charge is 0.224 e. The molecule has 0 bridgehead atoms. The average molecular weight is 251 g/mol. The molecule has 2 nitrogen and oxygen atoms in total. The first-order valence-electron chi connectivity index (χ1n) is 6.65. The molecule has 2 heteroatoms. The van der Waals surface area contributed by atoms with Gasteiger partial charge in [-0.05, 0) is 25.5 Å². The molecule has 0 aromatic heterocycles. The van der Waals surface area contributed by atoms with Gasteiger partial charge in [0.2, 0.25) is 12.4 Å². The molecule has 0 saturated carbocycles. The molecule has 1 aliphatic heterocycles. The Balaban J connectivity index is 2.14. The van der Waals surface area contributed by atoms with Gasteiger partial charge in [0.05, 0.1) is 11.3 Å². The number of anilines is 1. The van der Waals surface area contributed by atoms with E-state index in [2.05, 4.69) is 79.0 Å². The highest BCUT2D eigenvalue weighted by molar-refractivity contribution is 5.88. The predicted octanol–water partition coefficient (Wildman–Crippen LogP) is 3.47. The number of rotatable bonds is 1. The van der Waals surface area contributed by atoms with Crippen molar-refractivity contribution in [2.45, 2.75) is 13.8 Å². The highest BCUT2D eigenvalue weighted by atomic mass is 15.3. The third-order valence-electron chi connectivity index (χ3n) is 3.73. The van der Waals surface area contributed by atoms with Gasteiger partial charge in [-0.1, -0.05) is 30.3 Å². The summed E-state index contributed by atoms with van der Waals surface area (Å²) in [6.45, 7) is 5.23. The maximum absolute atomic E-state index is 2.32. The van der Waals surface area contributed by atoms with Crippen molar-refractivity contribution in [2.75, 3.05) is 18.6 Å². The minimum absolute atomic E-state index is 0.892. The van der Waals surface area contributed by atoms with E-state index >= 15 is 0 Å². The fourth-order valence-electron chi connectivity index (χ4n) is 2.85. The lowest BCUT2D eigenvalue weighted by molar-refractivity contribution is -0.435. The Kier molecular flexibility index (Phi) is 2.86. The van der Waals surface area contributed by atoms with Crippen molar-refractivity contribution >= 4 is 17.6 Å². The molecule has 96 valence electrons. The summed E-state index contributed by atoms with van der Waals surface area (Å²) in [4.78, 5) is 2.32. The first-order valence-corrected chi connectivity index (χ1v) is 6.65. The second-order valence-electron chi connectivity index (χ2n) is 5.24. The number of fused-ring (bicyclic) bond motifs is 1. The van der Waals surface area contributed by atoms with Gasteiger partial charge in [0.25, 0.3) is 0 Å². The third kappa shape index (κ3) is 2.03. The van der Waals surface area contributed by atoms with Crippen molar-refractivity contribution in [3.8, 4) is 0 Å². The molecule has 0 radical (unpaired) electrons. The number of nitrogens with zero attached hydrogens (tertiary/aromatic N) is 2. The minimum Gasteiger partial charge on any atom is -0.319 e. The molecule has 0 atom stereocenters. The highest BCUT2D eigenvalue weighted by Gasteiger charge is 2.23. The second kappa shape index (κ2) is 4.54. The van der Waals surface area contributed by atoms with Crippen molar-refractivity contribution in [1.29, 1.82) is 0 Å². The van der Waals surface area contributed by atoms with Gasteiger partial charge < -0.3 is 4.90 Å². The molecule has 0 spiro atoms. The Morgan fingerprint density at radius 2 is 1.68 bits per heavy atom. The van der Waals surface area contributed by atoms with E-state index in [0.29, 0.717) is 0 Å². The Bertz CT molecular complexity index is 656. The monoisotopic (exact) mass is 251 g/mol. The predicted molar refractivity (Wildman–Crippen MR) is 80.7 cm³/mol. The Morgan fingerprint density at radius 3 is 2.47 bits per heavy atom. The van der Waals surface area contributed by atoms with Gasteiger partial charge in [-0.3, -0.25) is 0 Å². The molecular weight excluding hydrogens is 232 g/mol. The zero-order valence-electron chi connectivity index (χ0n) is 11.7. The average Bonchev–Trinajstić information content (AvgIpc) is 2.39. The van der Waals surface area contributed by atoms with Crippen molar-refractivity contribution in [3.05, 3.63) is 59.2 Å². The number of hydrogen-bond acceptors (Lipinski definition) is 1. The molecule has 3 rings (SSSR count). The van der Waals surface area contributed by atoms with Crippen LogP contribution in [0.2, 0.25) is 0 Å². The summed E-state index contributed by atoms with van der Waals surface area (Å²) in [5, 5.41) is 0. The van der Waals surface area contributed by atoms with Crippen LogP contribution in [0, 0.1) is 13.8 Å². The maximum atomic E-state index is 2.32. The van der Waals surface area contributed by atoms with Crippen LogP contribution in [0.3, 0.4) is 0 Å². The van der Waals surface area contributed by atoms with Gasteiger partial charge >= 0.3 is 0 Å². The van der Waals surface area contributed by atoms with E-state index in [9.17, 15) is 0 Å². The van der Waals surface area contributed by atoms with Gasteiger partial charge in [-0.15, -0.1) is 0 Å². The summed E-state index contributed by atoms with van der Waals surface area (Å²) in [7, 11) is 2.16. The summed E-state index contributed by atoms with van der Waals surface area (Å²) in [6.07, 6.45) is 2.25. The van der Waals surface area contributed by atoms with Crippen LogP contribution in [0.1, 0.15) is 16.7 Å². The highest BCUT2D eigenvalue weighted by Crippen LogP contribution is 2.28. The summed E-state index contributed by atoms with van der Waals surface area (Å²) in [5.41, 5.74) is 6.55. The Morgan fingerprint density at radius 1 is 0.947 bits per heavy atom. The molecule has 1 aliphatic rings. The van der Waals surface area contributed by atoms with Crippen molar-refractivity contribution in [2.24, 2.45) is 0 Å². The van der Waals surface area contributed by atoms with Gasteiger partial charge in [-0.25, -0.2) is 0 Å². The fourth-order valence-corrected chi connectivity index (χ4v) is 2.85. The fraction of sp³-hybridized carbons (Fsp3) is 0.235. The molecule has 0 N–H and O–H groups in total. The molecule has 2 aromatic rings. The van der Waals surface area contributed by atoms with Crippen LogP contribution in [0.15, 0.2) is 42.5 Å². The number of para-hydroxylation sites is 2. The molecule has 2 aromatic carbocycles. The van der Waals surface area contributed by atoms with E-state index in [1.54, 1.807) is 0 Å². The molecule has 0 saturated heterocycles. The zero-order valence-corrected chi connectivity index (χ0v) is 11.7. The lowest BCUT2D eigenvalue weighted by Crippen LogP contribution is -2.33. The molecule has 19 heavy (non-hydrogen) atoms. The lowest BCUT2D eigenvalue weighted by atomic mass is 10.1. The van der Waals surface area contributed by atoms with Crippen LogP contribution >= 0.6 is 0 Å². The van der Waals surface area contributed by atoms with E-state index < -0.39 is 0 Å². The number of benzene rings is 2. The number of aryl methyl sites for hydroxylation is 2. The molecule has 0 aliphatic carbocycles. The van der Waals surface area contributed by atoms with Gasteiger partial charge in [0, 0.05) is 18.7 Å². The van der Waals surface area contributed by atoms with Crippen molar-refractivity contribution in [1.82, 2.24) is 0 Å². The molecule has 0 unspecified atom stereocenters. The molecule has 0 fully saturated rings. The summed E-state index contributed by atoms with van der Waals surface area (Å²) in [6, 6.07) is 15.0. The molecule has 1 heterocycles. The normalized spacial score (nSPS) is 14.1. The minimum atomic E-state index is 0.892. The van der Waals surface area contributed by atoms with Crippen LogP contribution < -0.4 is 4.90 Å². The van der Waals surface area contributed by atoms with Gasteiger partial charge in [0.1, 0.15) is 0 Å². The van der Waals surface area contributed by atoms with Gasteiger partial charge in [0.15, 0.2) is 6.21 Å². The third-order valence-corrected chi connectivity index (χ3v) is 3.73.